The summed E-state index contributed by atoms with van der Waals surface area (Å²) in [5.41, 5.74) is 0.848. The predicted octanol–water partition coefficient (Wildman–Crippen LogP) is 4.44. The molecule has 0 aliphatic carbocycles. The van der Waals surface area contributed by atoms with Gasteiger partial charge in [0.2, 0.25) is 0 Å². The number of likely N-dealkylation sites (tertiary alicyclic amines) is 1. The fourth-order valence-corrected chi connectivity index (χ4v) is 2.87. The first kappa shape index (κ1) is 13.5. The molecule has 0 N–H and O–H groups in total. The smallest absolute Gasteiger partial charge is 0.130 e. The SMILES string of the molecule is CC(C)N1CCCC1c1ccc(C(C)(C)F)cc1. The molecule has 1 saturated heterocycles. The van der Waals surface area contributed by atoms with Gasteiger partial charge in [0.15, 0.2) is 0 Å². The van der Waals surface area contributed by atoms with Crippen molar-refractivity contribution in [2.45, 2.75) is 58.3 Å². The molecule has 0 amide bonds. The van der Waals surface area contributed by atoms with Crippen molar-refractivity contribution >= 4 is 0 Å². The van der Waals surface area contributed by atoms with Crippen LogP contribution in [0.5, 0.6) is 0 Å². The molecule has 0 spiro atoms. The van der Waals surface area contributed by atoms with E-state index in [0.29, 0.717) is 12.1 Å². The Morgan fingerprint density at radius 1 is 1.22 bits per heavy atom. The average molecular weight is 249 g/mol. The Hall–Kier alpha value is -0.890. The van der Waals surface area contributed by atoms with Gasteiger partial charge in [-0.3, -0.25) is 4.90 Å². The molecule has 1 unspecified atom stereocenters. The largest absolute Gasteiger partial charge is 0.294 e. The van der Waals surface area contributed by atoms with Crippen molar-refractivity contribution in [3.63, 3.8) is 0 Å². The quantitative estimate of drug-likeness (QED) is 0.765. The van der Waals surface area contributed by atoms with Crippen LogP contribution in [-0.4, -0.2) is 17.5 Å². The lowest BCUT2D eigenvalue weighted by molar-refractivity contribution is 0.205. The molecule has 0 aromatic heterocycles. The van der Waals surface area contributed by atoms with Crippen LogP contribution >= 0.6 is 0 Å². The molecule has 0 radical (unpaired) electrons. The Morgan fingerprint density at radius 2 is 1.83 bits per heavy atom. The van der Waals surface area contributed by atoms with Crippen molar-refractivity contribution in [2.75, 3.05) is 6.54 Å². The van der Waals surface area contributed by atoms with E-state index in [9.17, 15) is 4.39 Å². The van der Waals surface area contributed by atoms with Crippen LogP contribution in [0.25, 0.3) is 0 Å². The molecule has 1 nitrogen and oxygen atoms in total. The van der Waals surface area contributed by atoms with E-state index in [0.717, 1.165) is 5.56 Å². The summed E-state index contributed by atoms with van der Waals surface area (Å²) in [4.78, 5) is 2.54. The monoisotopic (exact) mass is 249 g/mol. The van der Waals surface area contributed by atoms with Crippen molar-refractivity contribution in [3.8, 4) is 0 Å². The van der Waals surface area contributed by atoms with Crippen LogP contribution in [0, 0.1) is 0 Å². The topological polar surface area (TPSA) is 3.24 Å². The summed E-state index contributed by atoms with van der Waals surface area (Å²) in [5, 5.41) is 0. The maximum atomic E-state index is 13.8. The Kier molecular flexibility index (Phi) is 3.76. The number of rotatable bonds is 3. The molecular formula is C16H24FN. The third-order valence-corrected chi connectivity index (χ3v) is 3.94. The maximum absolute atomic E-state index is 13.8. The van der Waals surface area contributed by atoms with Gasteiger partial charge in [0.1, 0.15) is 5.67 Å². The van der Waals surface area contributed by atoms with Gasteiger partial charge in [-0.1, -0.05) is 24.3 Å². The summed E-state index contributed by atoms with van der Waals surface area (Å²) in [7, 11) is 0. The molecule has 1 heterocycles. The van der Waals surface area contributed by atoms with Crippen LogP contribution in [0.1, 0.15) is 57.7 Å². The van der Waals surface area contributed by atoms with E-state index in [2.05, 4.69) is 30.9 Å². The van der Waals surface area contributed by atoms with Gasteiger partial charge in [-0.2, -0.15) is 0 Å². The summed E-state index contributed by atoms with van der Waals surface area (Å²) in [6.07, 6.45) is 2.48. The first-order valence-corrected chi connectivity index (χ1v) is 6.94. The number of halogens is 1. The second-order valence-corrected chi connectivity index (χ2v) is 6.08. The highest BCUT2D eigenvalue weighted by atomic mass is 19.1. The zero-order chi connectivity index (χ0) is 13.3. The van der Waals surface area contributed by atoms with Crippen molar-refractivity contribution in [3.05, 3.63) is 35.4 Å². The van der Waals surface area contributed by atoms with E-state index in [4.69, 9.17) is 0 Å². The molecule has 100 valence electrons. The summed E-state index contributed by atoms with van der Waals surface area (Å²) in [5.74, 6) is 0. The molecule has 2 rings (SSSR count). The van der Waals surface area contributed by atoms with Crippen LogP contribution in [0.3, 0.4) is 0 Å². The minimum atomic E-state index is -1.24. The zero-order valence-electron chi connectivity index (χ0n) is 11.9. The van der Waals surface area contributed by atoms with E-state index >= 15 is 0 Å². The lowest BCUT2D eigenvalue weighted by Gasteiger charge is -2.29. The van der Waals surface area contributed by atoms with Gasteiger partial charge in [-0.25, -0.2) is 4.39 Å². The normalized spacial score (nSPS) is 21.8. The molecule has 1 fully saturated rings. The number of benzene rings is 1. The molecule has 1 aliphatic rings. The highest BCUT2D eigenvalue weighted by Crippen LogP contribution is 2.34. The lowest BCUT2D eigenvalue weighted by atomic mass is 9.96. The zero-order valence-corrected chi connectivity index (χ0v) is 11.9. The number of hydrogen-bond acceptors (Lipinski definition) is 1. The van der Waals surface area contributed by atoms with Crippen molar-refractivity contribution < 1.29 is 4.39 Å². The number of alkyl halides is 1. The van der Waals surface area contributed by atoms with Gasteiger partial charge in [0.05, 0.1) is 0 Å². The third-order valence-electron chi connectivity index (χ3n) is 3.94. The van der Waals surface area contributed by atoms with Gasteiger partial charge >= 0.3 is 0 Å². The summed E-state index contributed by atoms with van der Waals surface area (Å²) < 4.78 is 13.8. The van der Waals surface area contributed by atoms with E-state index in [1.54, 1.807) is 13.8 Å². The average Bonchev–Trinajstić information content (AvgIpc) is 2.77. The first-order chi connectivity index (χ1) is 8.39. The maximum Gasteiger partial charge on any atom is 0.130 e. The molecular weight excluding hydrogens is 225 g/mol. The van der Waals surface area contributed by atoms with Gasteiger partial charge < -0.3 is 0 Å². The van der Waals surface area contributed by atoms with E-state index in [1.807, 2.05) is 12.1 Å². The van der Waals surface area contributed by atoms with Crippen LogP contribution in [-0.2, 0) is 5.67 Å². The Morgan fingerprint density at radius 3 is 2.33 bits per heavy atom. The highest BCUT2D eigenvalue weighted by Gasteiger charge is 2.28. The molecule has 1 aromatic carbocycles. The van der Waals surface area contributed by atoms with Crippen LogP contribution in [0.15, 0.2) is 24.3 Å². The van der Waals surface area contributed by atoms with Gasteiger partial charge in [-0.15, -0.1) is 0 Å². The summed E-state index contributed by atoms with van der Waals surface area (Å²) in [6, 6.07) is 9.17. The second-order valence-electron chi connectivity index (χ2n) is 6.08. The molecule has 1 aromatic rings. The minimum Gasteiger partial charge on any atom is -0.294 e. The number of nitrogens with zero attached hydrogens (tertiary/aromatic N) is 1. The lowest BCUT2D eigenvalue weighted by Crippen LogP contribution is -2.30. The molecule has 0 bridgehead atoms. The van der Waals surface area contributed by atoms with Crippen LogP contribution < -0.4 is 0 Å². The fourth-order valence-electron chi connectivity index (χ4n) is 2.87. The van der Waals surface area contributed by atoms with Gasteiger partial charge in [0, 0.05) is 12.1 Å². The van der Waals surface area contributed by atoms with E-state index in [1.165, 1.54) is 24.9 Å². The van der Waals surface area contributed by atoms with Gasteiger partial charge in [0.25, 0.3) is 0 Å². The molecule has 0 saturated carbocycles. The molecule has 2 heteroatoms. The molecule has 18 heavy (non-hydrogen) atoms. The standard InChI is InChI=1S/C16H24FN/c1-12(2)18-11-5-6-15(18)13-7-9-14(10-8-13)16(3,4)17/h7-10,12,15H,5-6,11H2,1-4H3. The molecule has 1 atom stereocenters. The fraction of sp³-hybridized carbons (Fsp3) is 0.625. The summed E-state index contributed by atoms with van der Waals surface area (Å²) in [6.45, 7) is 8.89. The first-order valence-electron chi connectivity index (χ1n) is 6.94. The van der Waals surface area contributed by atoms with Crippen LogP contribution in [0.4, 0.5) is 4.39 Å². The summed E-state index contributed by atoms with van der Waals surface area (Å²) >= 11 is 0. The Bertz CT molecular complexity index is 389. The Balaban J connectivity index is 2.19. The molecule has 1 aliphatic heterocycles. The van der Waals surface area contributed by atoms with Crippen molar-refractivity contribution in [1.29, 1.82) is 0 Å². The number of hydrogen-bond donors (Lipinski definition) is 0. The van der Waals surface area contributed by atoms with Crippen LogP contribution in [0.2, 0.25) is 0 Å². The van der Waals surface area contributed by atoms with E-state index in [-0.39, 0.29) is 0 Å². The predicted molar refractivity (Wildman–Crippen MR) is 74.4 cm³/mol. The highest BCUT2D eigenvalue weighted by molar-refractivity contribution is 5.28. The third kappa shape index (κ3) is 2.74. The Labute approximate surface area is 110 Å². The second kappa shape index (κ2) is 5.00. The van der Waals surface area contributed by atoms with Crippen molar-refractivity contribution in [2.24, 2.45) is 0 Å². The minimum absolute atomic E-state index is 0.516. The van der Waals surface area contributed by atoms with Crippen molar-refractivity contribution in [1.82, 2.24) is 4.90 Å². The van der Waals surface area contributed by atoms with E-state index < -0.39 is 5.67 Å². The van der Waals surface area contributed by atoms with Gasteiger partial charge in [-0.05, 0) is 58.2 Å².